The van der Waals surface area contributed by atoms with E-state index < -0.39 is 0 Å². The van der Waals surface area contributed by atoms with Gasteiger partial charge in [0.2, 0.25) is 0 Å². The normalized spacial score (nSPS) is 44.1. The molecule has 32 heavy (non-hydrogen) atoms. The standard InChI is InChI=1S/C27H42O5/c1-16(6-11-25(30)31-5)21-9-10-22-20-8-7-18-14-19(32-17(2)28)12-13-26(18,3)23(20)15-24(29)27(21,22)4/h16,18-23H,6-15H2,1-5H3/t16-,18-,19-,20+,21+,22-,23-,26+,27-/m1/s1. The largest absolute Gasteiger partial charge is 0.469 e. The second-order valence-electron chi connectivity index (χ2n) is 11.8. The molecule has 0 saturated heterocycles. The number of fused-ring (bicyclic) bond motifs is 5. The number of carbonyl (C=O) groups is 3. The molecule has 4 rings (SSSR count). The maximum Gasteiger partial charge on any atom is 0.305 e. The second kappa shape index (κ2) is 8.76. The van der Waals surface area contributed by atoms with Gasteiger partial charge in [0.05, 0.1) is 7.11 Å². The predicted octanol–water partition coefficient (Wildman–Crippen LogP) is 5.35. The van der Waals surface area contributed by atoms with E-state index in [9.17, 15) is 14.4 Å². The van der Waals surface area contributed by atoms with Crippen molar-refractivity contribution in [3.63, 3.8) is 0 Å². The third kappa shape index (κ3) is 3.81. The van der Waals surface area contributed by atoms with Crippen molar-refractivity contribution < 1.29 is 23.9 Å². The minimum absolute atomic E-state index is 0.0539. The number of hydrogen-bond acceptors (Lipinski definition) is 5. The number of Topliss-reactive ketones (excluding diaryl/α,β-unsaturated/α-hetero) is 1. The molecule has 0 radical (unpaired) electrons. The monoisotopic (exact) mass is 446 g/mol. The van der Waals surface area contributed by atoms with Gasteiger partial charge in [-0.3, -0.25) is 14.4 Å². The lowest BCUT2D eigenvalue weighted by molar-refractivity contribution is -0.167. The van der Waals surface area contributed by atoms with E-state index in [1.807, 2.05) is 0 Å². The quantitative estimate of drug-likeness (QED) is 0.533. The summed E-state index contributed by atoms with van der Waals surface area (Å²) in [6, 6.07) is 0. The van der Waals surface area contributed by atoms with E-state index >= 15 is 0 Å². The maximum absolute atomic E-state index is 13.8. The Morgan fingerprint density at radius 2 is 1.84 bits per heavy atom. The zero-order valence-electron chi connectivity index (χ0n) is 20.7. The molecule has 0 aromatic heterocycles. The number of carbonyl (C=O) groups excluding carboxylic acids is 3. The number of esters is 2. The number of methoxy groups -OCH3 is 1. The minimum Gasteiger partial charge on any atom is -0.469 e. The molecule has 0 N–H and O–H groups in total. The molecule has 180 valence electrons. The van der Waals surface area contributed by atoms with Crippen molar-refractivity contribution in [1.29, 1.82) is 0 Å². The van der Waals surface area contributed by atoms with Crippen LogP contribution in [0.2, 0.25) is 0 Å². The van der Waals surface area contributed by atoms with Crippen LogP contribution in [-0.2, 0) is 23.9 Å². The molecular weight excluding hydrogens is 404 g/mol. The molecule has 5 nitrogen and oxygen atoms in total. The first-order valence-electron chi connectivity index (χ1n) is 12.9. The Labute approximate surface area is 193 Å². The zero-order chi connectivity index (χ0) is 23.3. The molecule has 9 atom stereocenters. The summed E-state index contributed by atoms with van der Waals surface area (Å²) in [7, 11) is 1.45. The Balaban J connectivity index is 1.50. The summed E-state index contributed by atoms with van der Waals surface area (Å²) < 4.78 is 10.4. The van der Waals surface area contributed by atoms with E-state index in [-0.39, 0.29) is 28.9 Å². The van der Waals surface area contributed by atoms with Gasteiger partial charge < -0.3 is 9.47 Å². The van der Waals surface area contributed by atoms with Crippen LogP contribution in [0.1, 0.15) is 91.9 Å². The highest BCUT2D eigenvalue weighted by atomic mass is 16.5. The number of ketones is 1. The van der Waals surface area contributed by atoms with Crippen molar-refractivity contribution in [2.75, 3.05) is 7.11 Å². The molecule has 4 saturated carbocycles. The molecule has 0 aromatic rings. The van der Waals surface area contributed by atoms with Gasteiger partial charge >= 0.3 is 11.9 Å². The van der Waals surface area contributed by atoms with E-state index in [2.05, 4.69) is 20.8 Å². The summed E-state index contributed by atoms with van der Waals surface area (Å²) in [4.78, 5) is 37.0. The fraction of sp³-hybridized carbons (Fsp3) is 0.889. The summed E-state index contributed by atoms with van der Waals surface area (Å²) in [5.41, 5.74) is -0.0556. The molecule has 0 spiro atoms. The number of hydrogen-bond donors (Lipinski definition) is 0. The van der Waals surface area contributed by atoms with Gasteiger partial charge in [-0.25, -0.2) is 0 Å². The Kier molecular flexibility index (Phi) is 6.50. The molecule has 0 amide bonds. The second-order valence-corrected chi connectivity index (χ2v) is 11.8. The van der Waals surface area contributed by atoms with Gasteiger partial charge in [-0.05, 0) is 92.3 Å². The first-order chi connectivity index (χ1) is 15.1. The lowest BCUT2D eigenvalue weighted by Crippen LogP contribution is -2.57. The fourth-order valence-electron chi connectivity index (χ4n) is 8.86. The van der Waals surface area contributed by atoms with E-state index in [1.165, 1.54) is 26.9 Å². The van der Waals surface area contributed by atoms with Crippen molar-refractivity contribution in [1.82, 2.24) is 0 Å². The molecule has 4 fully saturated rings. The van der Waals surface area contributed by atoms with Crippen LogP contribution in [0.3, 0.4) is 0 Å². The third-order valence-electron chi connectivity index (χ3n) is 10.6. The van der Waals surface area contributed by atoms with E-state index in [0.717, 1.165) is 38.5 Å². The topological polar surface area (TPSA) is 69.7 Å². The van der Waals surface area contributed by atoms with Crippen LogP contribution in [0.25, 0.3) is 0 Å². The molecule has 4 aliphatic rings. The lowest BCUT2D eigenvalue weighted by atomic mass is 9.44. The molecule has 4 aliphatic carbocycles. The SMILES string of the molecule is COC(=O)CC[C@@H](C)[C@@H]1CC[C@@H]2[C@@H]3CC[C@@H]4C[C@H](OC(C)=O)CC[C@]4(C)[C@@H]3CC(=O)[C@@]21C. The number of ether oxygens (including phenoxy) is 2. The maximum atomic E-state index is 13.8. The summed E-state index contributed by atoms with van der Waals surface area (Å²) >= 11 is 0. The molecule has 0 aromatic carbocycles. The summed E-state index contributed by atoms with van der Waals surface area (Å²) in [6.45, 7) is 8.43. The average molecular weight is 447 g/mol. The predicted molar refractivity (Wildman–Crippen MR) is 122 cm³/mol. The van der Waals surface area contributed by atoms with Gasteiger partial charge in [-0.15, -0.1) is 0 Å². The summed E-state index contributed by atoms with van der Waals surface area (Å²) in [5.74, 6) is 3.00. The van der Waals surface area contributed by atoms with E-state index in [4.69, 9.17) is 9.47 Å². The average Bonchev–Trinajstić information content (AvgIpc) is 3.11. The Hall–Kier alpha value is -1.39. The number of rotatable bonds is 5. The highest BCUT2D eigenvalue weighted by molar-refractivity contribution is 5.87. The van der Waals surface area contributed by atoms with Crippen LogP contribution in [0.5, 0.6) is 0 Å². The molecule has 5 heteroatoms. The van der Waals surface area contributed by atoms with Crippen molar-refractivity contribution >= 4 is 17.7 Å². The van der Waals surface area contributed by atoms with Gasteiger partial charge in [0, 0.05) is 25.2 Å². The first-order valence-corrected chi connectivity index (χ1v) is 12.9. The minimum atomic E-state index is -0.241. The van der Waals surface area contributed by atoms with Crippen molar-refractivity contribution in [2.45, 2.75) is 98.0 Å². The zero-order valence-corrected chi connectivity index (χ0v) is 20.7. The van der Waals surface area contributed by atoms with Crippen LogP contribution in [0.15, 0.2) is 0 Å². The van der Waals surface area contributed by atoms with Crippen LogP contribution in [0.4, 0.5) is 0 Å². The van der Waals surface area contributed by atoms with Crippen molar-refractivity contribution in [2.24, 2.45) is 46.3 Å². The highest BCUT2D eigenvalue weighted by Crippen LogP contribution is 2.67. The Morgan fingerprint density at radius 1 is 1.09 bits per heavy atom. The van der Waals surface area contributed by atoms with Gasteiger partial charge in [-0.2, -0.15) is 0 Å². The Bertz CT molecular complexity index is 761. The summed E-state index contributed by atoms with van der Waals surface area (Å²) in [6.07, 6.45) is 9.61. The third-order valence-corrected chi connectivity index (χ3v) is 10.6. The Morgan fingerprint density at radius 3 is 2.53 bits per heavy atom. The molecule has 0 heterocycles. The van der Waals surface area contributed by atoms with Crippen LogP contribution < -0.4 is 0 Å². The molecular formula is C27H42O5. The van der Waals surface area contributed by atoms with Gasteiger partial charge in [0.15, 0.2) is 0 Å². The first kappa shape index (κ1) is 23.8. The van der Waals surface area contributed by atoms with Crippen molar-refractivity contribution in [3.05, 3.63) is 0 Å². The fourth-order valence-corrected chi connectivity index (χ4v) is 8.86. The van der Waals surface area contributed by atoms with Crippen LogP contribution >= 0.6 is 0 Å². The van der Waals surface area contributed by atoms with Crippen LogP contribution in [0, 0.1) is 46.3 Å². The van der Waals surface area contributed by atoms with Crippen LogP contribution in [-0.4, -0.2) is 30.9 Å². The van der Waals surface area contributed by atoms with Crippen molar-refractivity contribution in [3.8, 4) is 0 Å². The molecule has 0 unspecified atom stereocenters. The molecule has 0 bridgehead atoms. The van der Waals surface area contributed by atoms with E-state index in [1.54, 1.807) is 0 Å². The summed E-state index contributed by atoms with van der Waals surface area (Å²) in [5, 5.41) is 0. The lowest BCUT2D eigenvalue weighted by Gasteiger charge is -2.60. The van der Waals surface area contributed by atoms with Gasteiger partial charge in [0.25, 0.3) is 0 Å². The van der Waals surface area contributed by atoms with E-state index in [0.29, 0.717) is 54.1 Å². The van der Waals surface area contributed by atoms with Gasteiger partial charge in [0.1, 0.15) is 11.9 Å². The molecule has 0 aliphatic heterocycles. The highest BCUT2D eigenvalue weighted by Gasteiger charge is 2.64. The van der Waals surface area contributed by atoms with Gasteiger partial charge in [-0.1, -0.05) is 20.8 Å². The smallest absolute Gasteiger partial charge is 0.305 e.